The van der Waals surface area contributed by atoms with Crippen LogP contribution < -0.4 is 5.32 Å². The molecule has 19 heavy (non-hydrogen) atoms. The average Bonchev–Trinajstić information content (AvgIpc) is 2.36. The fourth-order valence-electron chi connectivity index (χ4n) is 1.88. The van der Waals surface area contributed by atoms with E-state index in [-0.39, 0.29) is 11.2 Å². The fourth-order valence-corrected chi connectivity index (χ4v) is 3.08. The maximum Gasteiger partial charge on any atom is 0.161 e. The van der Waals surface area contributed by atoms with E-state index in [4.69, 9.17) is 0 Å². The lowest BCUT2D eigenvalue weighted by molar-refractivity contribution is 0.443. The highest BCUT2D eigenvalue weighted by molar-refractivity contribution is 8.14. The number of nitrogens with zero attached hydrogens (tertiary/aromatic N) is 1. The summed E-state index contributed by atoms with van der Waals surface area (Å²) >= 11 is 1.54. The van der Waals surface area contributed by atoms with E-state index < -0.39 is 11.6 Å². The highest BCUT2D eigenvalue weighted by Crippen LogP contribution is 2.30. The van der Waals surface area contributed by atoms with Crippen molar-refractivity contribution in [3.05, 3.63) is 29.3 Å². The third-order valence-electron chi connectivity index (χ3n) is 3.50. The summed E-state index contributed by atoms with van der Waals surface area (Å²) in [5.41, 5.74) is 0.349. The van der Waals surface area contributed by atoms with Crippen molar-refractivity contribution in [2.75, 3.05) is 11.1 Å². The number of halogens is 2. The Morgan fingerprint density at radius 2 is 2.11 bits per heavy atom. The zero-order valence-electron chi connectivity index (χ0n) is 11.4. The number of benzene rings is 1. The summed E-state index contributed by atoms with van der Waals surface area (Å²) in [6.07, 6.45) is 1.94. The van der Waals surface area contributed by atoms with E-state index in [1.165, 1.54) is 12.1 Å². The average molecular weight is 284 g/mol. The molecule has 0 spiro atoms. The summed E-state index contributed by atoms with van der Waals surface area (Å²) in [6, 6.07) is 2.39. The Bertz CT molecular complexity index is 516. The largest absolute Gasteiger partial charge is 0.332 e. The first-order valence-electron chi connectivity index (χ1n) is 6.39. The molecule has 1 aliphatic heterocycles. The molecular formula is C14H18F2N2S. The summed E-state index contributed by atoms with van der Waals surface area (Å²) in [4.78, 5) is 4.60. The van der Waals surface area contributed by atoms with Crippen LogP contribution >= 0.6 is 11.8 Å². The molecule has 1 N–H and O–H groups in total. The first-order valence-corrected chi connectivity index (χ1v) is 7.37. The normalized spacial score (nSPS) is 23.1. The number of anilines is 1. The van der Waals surface area contributed by atoms with Crippen molar-refractivity contribution in [1.29, 1.82) is 0 Å². The second kappa shape index (κ2) is 5.49. The van der Waals surface area contributed by atoms with Crippen molar-refractivity contribution in [3.63, 3.8) is 0 Å². The van der Waals surface area contributed by atoms with Crippen LogP contribution in [-0.2, 0) is 0 Å². The maximum atomic E-state index is 13.8. The Hall–Kier alpha value is -1.10. The van der Waals surface area contributed by atoms with Gasteiger partial charge in [0.2, 0.25) is 0 Å². The van der Waals surface area contributed by atoms with Gasteiger partial charge in [-0.1, -0.05) is 18.7 Å². The number of aliphatic imine (C=N–C) groups is 1. The van der Waals surface area contributed by atoms with Gasteiger partial charge in [-0.05, 0) is 38.3 Å². The summed E-state index contributed by atoms with van der Waals surface area (Å²) in [7, 11) is 0. The molecule has 1 aromatic carbocycles. The lowest BCUT2D eigenvalue weighted by Gasteiger charge is -2.29. The van der Waals surface area contributed by atoms with Crippen LogP contribution in [-0.4, -0.2) is 16.5 Å². The number of aryl methyl sites for hydroxylation is 1. The summed E-state index contributed by atoms with van der Waals surface area (Å²) in [5.74, 6) is 0.0705. The molecule has 0 fully saturated rings. The van der Waals surface area contributed by atoms with Crippen molar-refractivity contribution < 1.29 is 8.78 Å². The van der Waals surface area contributed by atoms with E-state index in [0.29, 0.717) is 10.7 Å². The van der Waals surface area contributed by atoms with Crippen LogP contribution in [0.25, 0.3) is 0 Å². The molecule has 0 saturated carbocycles. The standard InChI is InChI=1S/C14H18F2N2S/c1-4-14(3)5-6-19-13(18-14)17-12-8-10(15)9(2)7-11(12)16/h7-8H,4-6H2,1-3H3,(H,17,18). The predicted octanol–water partition coefficient (Wildman–Crippen LogP) is 4.35. The molecule has 0 aromatic heterocycles. The van der Waals surface area contributed by atoms with Gasteiger partial charge in [-0.3, -0.25) is 4.99 Å². The van der Waals surface area contributed by atoms with E-state index in [0.717, 1.165) is 18.6 Å². The minimum absolute atomic E-state index is 0.104. The Morgan fingerprint density at radius 1 is 1.37 bits per heavy atom. The molecule has 5 heteroatoms. The first-order chi connectivity index (χ1) is 8.93. The number of rotatable bonds is 2. The van der Waals surface area contributed by atoms with Crippen molar-refractivity contribution in [1.82, 2.24) is 0 Å². The van der Waals surface area contributed by atoms with Crippen LogP contribution in [0.3, 0.4) is 0 Å². The molecule has 2 rings (SSSR count). The van der Waals surface area contributed by atoms with Gasteiger partial charge in [0.15, 0.2) is 5.17 Å². The topological polar surface area (TPSA) is 24.4 Å². The molecule has 1 atom stereocenters. The van der Waals surface area contributed by atoms with Crippen molar-refractivity contribution in [2.24, 2.45) is 4.99 Å². The van der Waals surface area contributed by atoms with Crippen molar-refractivity contribution in [2.45, 2.75) is 39.2 Å². The van der Waals surface area contributed by atoms with E-state index in [9.17, 15) is 8.78 Å². The number of nitrogens with one attached hydrogen (secondary N) is 1. The molecule has 104 valence electrons. The van der Waals surface area contributed by atoms with E-state index in [2.05, 4.69) is 24.2 Å². The van der Waals surface area contributed by atoms with Gasteiger partial charge in [0.05, 0.1) is 11.2 Å². The minimum atomic E-state index is -0.453. The summed E-state index contributed by atoms with van der Waals surface area (Å²) in [5, 5.41) is 3.57. The maximum absolute atomic E-state index is 13.8. The predicted molar refractivity (Wildman–Crippen MR) is 77.9 cm³/mol. The van der Waals surface area contributed by atoms with Crippen LogP contribution in [0.2, 0.25) is 0 Å². The molecule has 1 heterocycles. The monoisotopic (exact) mass is 284 g/mol. The quantitative estimate of drug-likeness (QED) is 0.873. The molecule has 0 bridgehead atoms. The molecule has 0 radical (unpaired) electrons. The number of amidine groups is 1. The van der Waals surface area contributed by atoms with Gasteiger partial charge in [0.25, 0.3) is 0 Å². The Labute approximate surface area is 116 Å². The van der Waals surface area contributed by atoms with Crippen LogP contribution in [0.5, 0.6) is 0 Å². The van der Waals surface area contributed by atoms with Gasteiger partial charge < -0.3 is 5.32 Å². The van der Waals surface area contributed by atoms with E-state index in [1.807, 2.05) is 0 Å². The van der Waals surface area contributed by atoms with Crippen LogP contribution in [0, 0.1) is 18.6 Å². The second-order valence-corrected chi connectivity index (χ2v) is 6.16. The molecule has 2 nitrogen and oxygen atoms in total. The molecule has 0 saturated heterocycles. The SMILES string of the molecule is CCC1(C)CCSC(Nc2cc(F)c(C)cc2F)=N1. The third-order valence-corrected chi connectivity index (χ3v) is 4.38. The van der Waals surface area contributed by atoms with Crippen LogP contribution in [0.4, 0.5) is 14.5 Å². The fraction of sp³-hybridized carbons (Fsp3) is 0.500. The number of thioether (sulfide) groups is 1. The van der Waals surface area contributed by atoms with Gasteiger partial charge in [0, 0.05) is 11.8 Å². The summed E-state index contributed by atoms with van der Waals surface area (Å²) < 4.78 is 27.2. The smallest absolute Gasteiger partial charge is 0.161 e. The van der Waals surface area contributed by atoms with Crippen LogP contribution in [0.15, 0.2) is 17.1 Å². The van der Waals surface area contributed by atoms with Crippen molar-refractivity contribution >= 4 is 22.6 Å². The van der Waals surface area contributed by atoms with Gasteiger partial charge in [-0.25, -0.2) is 8.78 Å². The van der Waals surface area contributed by atoms with Gasteiger partial charge in [-0.15, -0.1) is 0 Å². The zero-order valence-corrected chi connectivity index (χ0v) is 12.2. The molecule has 1 unspecified atom stereocenters. The zero-order chi connectivity index (χ0) is 14.0. The molecule has 1 aliphatic rings. The highest BCUT2D eigenvalue weighted by Gasteiger charge is 2.26. The molecule has 0 amide bonds. The molecular weight excluding hydrogens is 266 g/mol. The Kier molecular flexibility index (Phi) is 4.13. The highest BCUT2D eigenvalue weighted by atomic mass is 32.2. The van der Waals surface area contributed by atoms with Gasteiger partial charge in [0.1, 0.15) is 11.6 Å². The molecule has 1 aromatic rings. The summed E-state index contributed by atoms with van der Waals surface area (Å²) in [6.45, 7) is 5.72. The lowest BCUT2D eigenvalue weighted by atomic mass is 9.97. The molecule has 0 aliphatic carbocycles. The van der Waals surface area contributed by atoms with E-state index >= 15 is 0 Å². The van der Waals surface area contributed by atoms with Crippen molar-refractivity contribution in [3.8, 4) is 0 Å². The van der Waals surface area contributed by atoms with Gasteiger partial charge in [-0.2, -0.15) is 0 Å². The van der Waals surface area contributed by atoms with E-state index in [1.54, 1.807) is 18.7 Å². The Morgan fingerprint density at radius 3 is 2.79 bits per heavy atom. The van der Waals surface area contributed by atoms with Crippen LogP contribution in [0.1, 0.15) is 32.3 Å². The third kappa shape index (κ3) is 3.26. The Balaban J connectivity index is 2.24. The second-order valence-electron chi connectivity index (χ2n) is 5.07. The lowest BCUT2D eigenvalue weighted by Crippen LogP contribution is -2.29. The van der Waals surface area contributed by atoms with Gasteiger partial charge >= 0.3 is 0 Å². The number of hydrogen-bond donors (Lipinski definition) is 1. The first kappa shape index (κ1) is 14.3. The minimum Gasteiger partial charge on any atom is -0.332 e. The number of hydrogen-bond acceptors (Lipinski definition) is 3.